The van der Waals surface area contributed by atoms with E-state index in [0.717, 1.165) is 38.5 Å². The Labute approximate surface area is 154 Å². The predicted molar refractivity (Wildman–Crippen MR) is 108 cm³/mol. The Morgan fingerprint density at radius 3 is 1.29 bits per heavy atom. The average Bonchev–Trinajstić information content (AvgIpc) is 2.46. The summed E-state index contributed by atoms with van der Waals surface area (Å²) >= 11 is 5.33. The summed E-state index contributed by atoms with van der Waals surface area (Å²) < 4.78 is 0. The molecule has 0 aromatic heterocycles. The standard InChI is InChI=1S/C22H35ClO/c1-18(2)10-6-11-19(3)12-7-13-20(4)14-8-15-21(5)16-9-17-22(23)24/h10,12,14,16H,6-9,11,13,15,17H2,1-5H3/b19-12+,20-14?,21-16+. The lowest BCUT2D eigenvalue weighted by Crippen LogP contribution is -1.85. The van der Waals surface area contributed by atoms with Gasteiger partial charge >= 0.3 is 0 Å². The molecule has 0 saturated carbocycles. The van der Waals surface area contributed by atoms with Crippen LogP contribution < -0.4 is 0 Å². The van der Waals surface area contributed by atoms with Gasteiger partial charge in [-0.3, -0.25) is 4.79 Å². The Kier molecular flexibility index (Phi) is 13.6. The third-order valence-electron chi connectivity index (χ3n) is 3.99. The van der Waals surface area contributed by atoms with Gasteiger partial charge in [0.05, 0.1) is 0 Å². The molecule has 0 amide bonds. The van der Waals surface area contributed by atoms with Crippen LogP contribution in [0.15, 0.2) is 46.6 Å². The molecule has 2 heteroatoms. The highest BCUT2D eigenvalue weighted by Gasteiger charge is 1.95. The lowest BCUT2D eigenvalue weighted by molar-refractivity contribution is -0.111. The van der Waals surface area contributed by atoms with Crippen LogP contribution in [0.25, 0.3) is 0 Å². The number of hydrogen-bond donors (Lipinski definition) is 0. The van der Waals surface area contributed by atoms with Crippen LogP contribution in [0.3, 0.4) is 0 Å². The van der Waals surface area contributed by atoms with Crippen molar-refractivity contribution in [2.45, 2.75) is 86.0 Å². The number of hydrogen-bond acceptors (Lipinski definition) is 1. The molecule has 24 heavy (non-hydrogen) atoms. The molecule has 0 rings (SSSR count). The van der Waals surface area contributed by atoms with Gasteiger partial charge in [0.1, 0.15) is 0 Å². The van der Waals surface area contributed by atoms with Crippen molar-refractivity contribution in [2.24, 2.45) is 0 Å². The Morgan fingerprint density at radius 2 is 0.958 bits per heavy atom. The SMILES string of the molecule is CC(C)=CCC/C(C)=C/CCC(C)=CCC/C(C)=C/CCC(=O)Cl. The second-order valence-corrected chi connectivity index (χ2v) is 7.36. The summed E-state index contributed by atoms with van der Waals surface area (Å²) in [6, 6.07) is 0. The van der Waals surface area contributed by atoms with Crippen LogP contribution in [0.5, 0.6) is 0 Å². The van der Waals surface area contributed by atoms with Gasteiger partial charge in [0.15, 0.2) is 0 Å². The average molecular weight is 351 g/mol. The minimum absolute atomic E-state index is 0.251. The Bertz CT molecular complexity index is 488. The summed E-state index contributed by atoms with van der Waals surface area (Å²) in [4.78, 5) is 10.7. The Hall–Kier alpha value is -1.08. The molecule has 0 aliphatic carbocycles. The zero-order valence-electron chi connectivity index (χ0n) is 16.3. The van der Waals surface area contributed by atoms with Gasteiger partial charge < -0.3 is 0 Å². The highest BCUT2D eigenvalue weighted by Crippen LogP contribution is 2.14. The Morgan fingerprint density at radius 1 is 0.625 bits per heavy atom. The molecule has 0 aliphatic rings. The van der Waals surface area contributed by atoms with E-state index in [-0.39, 0.29) is 5.24 Å². The molecule has 0 atom stereocenters. The van der Waals surface area contributed by atoms with Crippen LogP contribution in [0.1, 0.15) is 86.0 Å². The quantitative estimate of drug-likeness (QED) is 0.260. The van der Waals surface area contributed by atoms with Gasteiger partial charge in [-0.25, -0.2) is 0 Å². The first kappa shape index (κ1) is 22.9. The molecule has 0 N–H and O–H groups in total. The van der Waals surface area contributed by atoms with Crippen LogP contribution in [0.2, 0.25) is 0 Å². The molecule has 0 unspecified atom stereocenters. The van der Waals surface area contributed by atoms with Crippen molar-refractivity contribution < 1.29 is 4.79 Å². The van der Waals surface area contributed by atoms with Crippen molar-refractivity contribution in [3.05, 3.63) is 46.6 Å². The van der Waals surface area contributed by atoms with E-state index in [9.17, 15) is 4.79 Å². The van der Waals surface area contributed by atoms with E-state index in [2.05, 4.69) is 58.9 Å². The van der Waals surface area contributed by atoms with E-state index in [1.807, 2.05) is 0 Å². The molecule has 0 fully saturated rings. The number of rotatable bonds is 12. The van der Waals surface area contributed by atoms with Gasteiger partial charge in [-0.15, -0.1) is 0 Å². The molecule has 0 saturated heterocycles. The van der Waals surface area contributed by atoms with Gasteiger partial charge in [-0.1, -0.05) is 46.6 Å². The van der Waals surface area contributed by atoms with Crippen LogP contribution in [-0.2, 0) is 4.79 Å². The molecular weight excluding hydrogens is 316 g/mol. The van der Waals surface area contributed by atoms with E-state index in [1.54, 1.807) is 0 Å². The predicted octanol–water partition coefficient (Wildman–Crippen LogP) is 7.68. The van der Waals surface area contributed by atoms with Gasteiger partial charge in [-0.2, -0.15) is 0 Å². The zero-order valence-corrected chi connectivity index (χ0v) is 17.0. The summed E-state index contributed by atoms with van der Waals surface area (Å²) in [5.74, 6) is 0. The fraction of sp³-hybridized carbons (Fsp3) is 0.591. The van der Waals surface area contributed by atoms with Gasteiger partial charge in [0.25, 0.3) is 0 Å². The van der Waals surface area contributed by atoms with Crippen LogP contribution >= 0.6 is 11.6 Å². The van der Waals surface area contributed by atoms with Gasteiger partial charge in [-0.05, 0) is 91.2 Å². The van der Waals surface area contributed by atoms with E-state index in [1.165, 1.54) is 28.7 Å². The van der Waals surface area contributed by atoms with E-state index in [4.69, 9.17) is 11.6 Å². The van der Waals surface area contributed by atoms with Crippen LogP contribution in [0.4, 0.5) is 0 Å². The third kappa shape index (κ3) is 15.8. The monoisotopic (exact) mass is 350 g/mol. The van der Waals surface area contributed by atoms with Crippen LogP contribution in [0, 0.1) is 0 Å². The molecule has 0 heterocycles. The molecule has 1 nitrogen and oxygen atoms in total. The molecule has 136 valence electrons. The number of halogens is 1. The first-order valence-electron chi connectivity index (χ1n) is 9.10. The fourth-order valence-corrected chi connectivity index (χ4v) is 2.53. The summed E-state index contributed by atoms with van der Waals surface area (Å²) in [5, 5.41) is -0.251. The number of carbonyl (C=O) groups excluding carboxylic acids is 1. The number of carbonyl (C=O) groups is 1. The molecule has 0 aromatic rings. The molecule has 0 bridgehead atoms. The second-order valence-electron chi connectivity index (χ2n) is 6.94. The lowest BCUT2D eigenvalue weighted by Gasteiger charge is -2.02. The molecule has 0 aromatic carbocycles. The van der Waals surface area contributed by atoms with Crippen molar-refractivity contribution in [3.8, 4) is 0 Å². The smallest absolute Gasteiger partial charge is 0.221 e. The van der Waals surface area contributed by atoms with Crippen LogP contribution in [-0.4, -0.2) is 5.24 Å². The second kappa shape index (κ2) is 14.3. The largest absolute Gasteiger partial charge is 0.281 e. The highest BCUT2D eigenvalue weighted by atomic mass is 35.5. The minimum atomic E-state index is -0.251. The maximum Gasteiger partial charge on any atom is 0.221 e. The summed E-state index contributed by atoms with van der Waals surface area (Å²) in [6.45, 7) is 10.9. The van der Waals surface area contributed by atoms with E-state index < -0.39 is 0 Å². The van der Waals surface area contributed by atoms with Gasteiger partial charge in [0, 0.05) is 6.42 Å². The topological polar surface area (TPSA) is 17.1 Å². The third-order valence-corrected chi connectivity index (χ3v) is 4.18. The molecular formula is C22H35ClO. The first-order valence-corrected chi connectivity index (χ1v) is 9.47. The first-order chi connectivity index (χ1) is 11.3. The molecule has 0 radical (unpaired) electrons. The summed E-state index contributed by atoms with van der Waals surface area (Å²) in [5.41, 5.74) is 5.70. The van der Waals surface area contributed by atoms with Gasteiger partial charge in [0.2, 0.25) is 5.24 Å². The van der Waals surface area contributed by atoms with Crippen molar-refractivity contribution in [1.29, 1.82) is 0 Å². The van der Waals surface area contributed by atoms with Crippen molar-refractivity contribution in [2.75, 3.05) is 0 Å². The molecule has 0 spiro atoms. The Balaban J connectivity index is 3.98. The zero-order chi connectivity index (χ0) is 18.4. The normalized spacial score (nSPS) is 13.2. The van der Waals surface area contributed by atoms with E-state index in [0.29, 0.717) is 6.42 Å². The maximum absolute atomic E-state index is 10.7. The minimum Gasteiger partial charge on any atom is -0.281 e. The van der Waals surface area contributed by atoms with E-state index >= 15 is 0 Å². The number of allylic oxidation sites excluding steroid dienone is 8. The fourth-order valence-electron chi connectivity index (χ4n) is 2.42. The molecule has 0 aliphatic heterocycles. The maximum atomic E-state index is 10.7. The van der Waals surface area contributed by atoms with Crippen molar-refractivity contribution >= 4 is 16.8 Å². The van der Waals surface area contributed by atoms with Crippen molar-refractivity contribution in [1.82, 2.24) is 0 Å². The highest BCUT2D eigenvalue weighted by molar-refractivity contribution is 6.63. The summed E-state index contributed by atoms with van der Waals surface area (Å²) in [7, 11) is 0. The lowest BCUT2D eigenvalue weighted by atomic mass is 10.0. The summed E-state index contributed by atoms with van der Waals surface area (Å²) in [6.07, 6.45) is 17.1. The van der Waals surface area contributed by atoms with Crippen molar-refractivity contribution in [3.63, 3.8) is 0 Å².